The SMILES string of the molecule is CCCNc1cc(Oc2ccc(F)c(F)c2)nc(CC)n1. The molecule has 0 fully saturated rings. The summed E-state index contributed by atoms with van der Waals surface area (Å²) in [6.45, 7) is 4.76. The largest absolute Gasteiger partial charge is 0.439 e. The Hall–Kier alpha value is -2.24. The number of hydrogen-bond acceptors (Lipinski definition) is 4. The Morgan fingerprint density at radius 3 is 2.57 bits per heavy atom. The lowest BCUT2D eigenvalue weighted by molar-refractivity contribution is 0.445. The molecule has 0 saturated heterocycles. The molecular weight excluding hydrogens is 276 g/mol. The molecule has 2 rings (SSSR count). The Labute approximate surface area is 122 Å². The second-order valence-electron chi connectivity index (χ2n) is 4.47. The van der Waals surface area contributed by atoms with Crippen molar-refractivity contribution in [2.45, 2.75) is 26.7 Å². The third-order valence-electron chi connectivity index (χ3n) is 2.73. The minimum atomic E-state index is -0.957. The summed E-state index contributed by atoms with van der Waals surface area (Å²) in [7, 11) is 0. The van der Waals surface area contributed by atoms with E-state index in [0.29, 0.717) is 23.9 Å². The van der Waals surface area contributed by atoms with Gasteiger partial charge in [-0.25, -0.2) is 13.8 Å². The summed E-state index contributed by atoms with van der Waals surface area (Å²) in [5.74, 6) is -0.108. The Kier molecular flexibility index (Phi) is 5.03. The molecule has 4 nitrogen and oxygen atoms in total. The highest BCUT2D eigenvalue weighted by Gasteiger charge is 2.08. The molecule has 6 heteroatoms. The standard InChI is InChI=1S/C15H17F2N3O/c1-3-7-18-14-9-15(20-13(4-2)19-14)21-10-5-6-11(16)12(17)8-10/h5-6,8-9H,3-4,7H2,1-2H3,(H,18,19,20). The zero-order valence-electron chi connectivity index (χ0n) is 12.0. The highest BCUT2D eigenvalue weighted by atomic mass is 19.2. The van der Waals surface area contributed by atoms with E-state index in [4.69, 9.17) is 4.74 Å². The Bertz CT molecular complexity index is 620. The molecule has 0 radical (unpaired) electrons. The van der Waals surface area contributed by atoms with E-state index in [-0.39, 0.29) is 5.75 Å². The first-order valence-corrected chi connectivity index (χ1v) is 6.87. The summed E-state index contributed by atoms with van der Waals surface area (Å²) < 4.78 is 31.5. The van der Waals surface area contributed by atoms with E-state index < -0.39 is 11.6 Å². The summed E-state index contributed by atoms with van der Waals surface area (Å²) in [5, 5.41) is 3.15. The maximum atomic E-state index is 13.2. The number of aryl methyl sites for hydroxylation is 1. The molecule has 1 N–H and O–H groups in total. The zero-order valence-corrected chi connectivity index (χ0v) is 12.0. The van der Waals surface area contributed by atoms with Crippen LogP contribution in [-0.4, -0.2) is 16.5 Å². The predicted octanol–water partition coefficient (Wildman–Crippen LogP) is 3.93. The van der Waals surface area contributed by atoms with Gasteiger partial charge in [0.05, 0.1) is 0 Å². The first kappa shape index (κ1) is 15.2. The van der Waals surface area contributed by atoms with Gasteiger partial charge in [0.15, 0.2) is 11.6 Å². The van der Waals surface area contributed by atoms with E-state index in [9.17, 15) is 8.78 Å². The molecule has 1 aromatic carbocycles. The summed E-state index contributed by atoms with van der Waals surface area (Å²) in [4.78, 5) is 8.54. The number of hydrogen-bond donors (Lipinski definition) is 1. The first-order chi connectivity index (χ1) is 10.1. The van der Waals surface area contributed by atoms with Gasteiger partial charge in [-0.15, -0.1) is 0 Å². The second-order valence-corrected chi connectivity index (χ2v) is 4.47. The molecule has 0 bridgehead atoms. The first-order valence-electron chi connectivity index (χ1n) is 6.87. The smallest absolute Gasteiger partial charge is 0.224 e. The number of aromatic nitrogens is 2. The van der Waals surface area contributed by atoms with Crippen LogP contribution < -0.4 is 10.1 Å². The molecule has 0 atom stereocenters. The molecule has 0 amide bonds. The van der Waals surface area contributed by atoms with Gasteiger partial charge in [-0.2, -0.15) is 4.98 Å². The number of rotatable bonds is 6. The molecule has 0 spiro atoms. The second kappa shape index (κ2) is 6.97. The van der Waals surface area contributed by atoms with E-state index in [2.05, 4.69) is 15.3 Å². The van der Waals surface area contributed by atoms with E-state index in [1.54, 1.807) is 6.07 Å². The van der Waals surface area contributed by atoms with Gasteiger partial charge in [-0.3, -0.25) is 0 Å². The number of nitrogens with zero attached hydrogens (tertiary/aromatic N) is 2. The maximum absolute atomic E-state index is 13.2. The van der Waals surface area contributed by atoms with Crippen molar-refractivity contribution in [1.82, 2.24) is 9.97 Å². The van der Waals surface area contributed by atoms with Crippen LogP contribution in [-0.2, 0) is 6.42 Å². The van der Waals surface area contributed by atoms with Gasteiger partial charge in [-0.05, 0) is 18.6 Å². The number of anilines is 1. The van der Waals surface area contributed by atoms with Gasteiger partial charge in [0.25, 0.3) is 0 Å². The third kappa shape index (κ3) is 4.11. The lowest BCUT2D eigenvalue weighted by atomic mass is 10.3. The van der Waals surface area contributed by atoms with E-state index >= 15 is 0 Å². The predicted molar refractivity (Wildman–Crippen MR) is 76.6 cm³/mol. The monoisotopic (exact) mass is 293 g/mol. The van der Waals surface area contributed by atoms with Crippen molar-refractivity contribution in [1.29, 1.82) is 0 Å². The quantitative estimate of drug-likeness (QED) is 0.876. The van der Waals surface area contributed by atoms with Gasteiger partial charge in [-0.1, -0.05) is 13.8 Å². The van der Waals surface area contributed by atoms with Gasteiger partial charge in [0.1, 0.15) is 17.4 Å². The van der Waals surface area contributed by atoms with Crippen LogP contribution in [0.3, 0.4) is 0 Å². The van der Waals surface area contributed by atoms with Crippen molar-refractivity contribution in [2.24, 2.45) is 0 Å². The summed E-state index contributed by atoms with van der Waals surface area (Å²) in [6, 6.07) is 4.99. The van der Waals surface area contributed by atoms with E-state index in [1.807, 2.05) is 13.8 Å². The fourth-order valence-corrected chi connectivity index (χ4v) is 1.69. The van der Waals surface area contributed by atoms with Crippen molar-refractivity contribution in [3.05, 3.63) is 41.7 Å². The van der Waals surface area contributed by atoms with Crippen LogP contribution in [0.5, 0.6) is 11.6 Å². The van der Waals surface area contributed by atoms with E-state index in [0.717, 1.165) is 25.1 Å². The van der Waals surface area contributed by atoms with Crippen LogP contribution >= 0.6 is 0 Å². The van der Waals surface area contributed by atoms with Crippen LogP contribution in [0.1, 0.15) is 26.1 Å². The van der Waals surface area contributed by atoms with Gasteiger partial charge in [0, 0.05) is 25.1 Å². The summed E-state index contributed by atoms with van der Waals surface area (Å²) in [5.41, 5.74) is 0. The van der Waals surface area contributed by atoms with Crippen molar-refractivity contribution >= 4 is 5.82 Å². The fraction of sp³-hybridized carbons (Fsp3) is 0.333. The molecule has 0 aliphatic carbocycles. The molecule has 1 heterocycles. The number of ether oxygens (including phenoxy) is 1. The molecule has 2 aromatic rings. The summed E-state index contributed by atoms with van der Waals surface area (Å²) >= 11 is 0. The lowest BCUT2D eigenvalue weighted by Gasteiger charge is -2.10. The fourth-order valence-electron chi connectivity index (χ4n) is 1.69. The highest BCUT2D eigenvalue weighted by Crippen LogP contribution is 2.23. The van der Waals surface area contributed by atoms with E-state index in [1.165, 1.54) is 6.07 Å². The van der Waals surface area contributed by atoms with Crippen LogP contribution in [0.15, 0.2) is 24.3 Å². The van der Waals surface area contributed by atoms with Gasteiger partial charge >= 0.3 is 0 Å². The number of halogens is 2. The molecule has 112 valence electrons. The van der Waals surface area contributed by atoms with Crippen LogP contribution in [0, 0.1) is 11.6 Å². The van der Waals surface area contributed by atoms with Gasteiger partial charge < -0.3 is 10.1 Å². The average Bonchev–Trinajstić information content (AvgIpc) is 2.48. The highest BCUT2D eigenvalue weighted by molar-refractivity contribution is 5.40. The van der Waals surface area contributed by atoms with Crippen molar-refractivity contribution in [3.8, 4) is 11.6 Å². The third-order valence-corrected chi connectivity index (χ3v) is 2.73. The number of benzene rings is 1. The van der Waals surface area contributed by atoms with Crippen LogP contribution in [0.4, 0.5) is 14.6 Å². The number of nitrogens with one attached hydrogen (secondary N) is 1. The maximum Gasteiger partial charge on any atom is 0.224 e. The molecular formula is C15H17F2N3O. The molecule has 1 aromatic heterocycles. The molecule has 0 aliphatic rings. The molecule has 0 unspecified atom stereocenters. The Morgan fingerprint density at radius 2 is 1.90 bits per heavy atom. The topological polar surface area (TPSA) is 47.0 Å². The zero-order chi connectivity index (χ0) is 15.2. The molecule has 21 heavy (non-hydrogen) atoms. The Balaban J connectivity index is 2.23. The van der Waals surface area contributed by atoms with Crippen LogP contribution in [0.25, 0.3) is 0 Å². The van der Waals surface area contributed by atoms with Crippen molar-refractivity contribution in [2.75, 3.05) is 11.9 Å². The summed E-state index contributed by atoms with van der Waals surface area (Å²) in [6.07, 6.45) is 1.61. The van der Waals surface area contributed by atoms with Crippen LogP contribution in [0.2, 0.25) is 0 Å². The minimum absolute atomic E-state index is 0.191. The Morgan fingerprint density at radius 1 is 1.10 bits per heavy atom. The van der Waals surface area contributed by atoms with Crippen molar-refractivity contribution in [3.63, 3.8) is 0 Å². The minimum Gasteiger partial charge on any atom is -0.439 e. The van der Waals surface area contributed by atoms with Crippen molar-refractivity contribution < 1.29 is 13.5 Å². The van der Waals surface area contributed by atoms with Gasteiger partial charge in [0.2, 0.25) is 5.88 Å². The molecule has 0 saturated carbocycles. The average molecular weight is 293 g/mol. The normalized spacial score (nSPS) is 10.5. The lowest BCUT2D eigenvalue weighted by Crippen LogP contribution is -2.05. The molecule has 0 aliphatic heterocycles.